The minimum absolute atomic E-state index is 0.000113. The quantitative estimate of drug-likeness (QED) is 0.615. The van der Waals surface area contributed by atoms with Crippen molar-refractivity contribution in [3.8, 4) is 5.88 Å². The van der Waals surface area contributed by atoms with Gasteiger partial charge in [0.1, 0.15) is 0 Å². The van der Waals surface area contributed by atoms with Gasteiger partial charge < -0.3 is 4.74 Å². The number of rotatable bonds is 4. The fourth-order valence-corrected chi connectivity index (χ4v) is 4.17. The summed E-state index contributed by atoms with van der Waals surface area (Å²) in [5, 5.41) is 0.183. The van der Waals surface area contributed by atoms with Crippen LogP contribution >= 0.6 is 22.9 Å². The molecule has 6 nitrogen and oxygen atoms in total. The van der Waals surface area contributed by atoms with Gasteiger partial charge in [0.15, 0.2) is 5.69 Å². The van der Waals surface area contributed by atoms with Gasteiger partial charge >= 0.3 is 0 Å². The number of amides is 2. The Bertz CT molecular complexity index is 799. The first kappa shape index (κ1) is 18.7. The predicted octanol–water partition coefficient (Wildman–Crippen LogP) is 3.54. The number of hydrogen-bond acceptors (Lipinski definition) is 5. The van der Waals surface area contributed by atoms with Crippen molar-refractivity contribution >= 4 is 34.8 Å². The van der Waals surface area contributed by atoms with Crippen molar-refractivity contribution in [2.75, 3.05) is 6.61 Å². The van der Waals surface area contributed by atoms with Gasteiger partial charge in [0.05, 0.1) is 16.5 Å². The first-order valence-electron chi connectivity index (χ1n) is 8.60. The Balaban J connectivity index is 1.64. The van der Waals surface area contributed by atoms with Crippen LogP contribution in [0.3, 0.4) is 0 Å². The summed E-state index contributed by atoms with van der Waals surface area (Å²) in [6.45, 7) is 2.24. The fraction of sp³-hybridized carbons (Fsp3) is 0.389. The second-order valence-corrected chi connectivity index (χ2v) is 7.48. The number of aromatic nitrogens is 1. The molecule has 2 aromatic rings. The number of carbonyl (C=O) groups excluding carboxylic acids is 2. The second kappa shape index (κ2) is 8.51. The standard InChI is InChI=1S/C18H20ClN3O3S/c1-2-25-15-9-8-12(19)16(20-15)18(24)22-21-17(23)14-10-11-6-4-3-5-7-13(11)26-14/h8-10H,2-7H2,1H3,(H,21,23)(H,22,24). The molecule has 1 aliphatic carbocycles. The first-order valence-corrected chi connectivity index (χ1v) is 9.79. The summed E-state index contributed by atoms with van der Waals surface area (Å²) in [5.41, 5.74) is 6.05. The molecule has 3 rings (SSSR count). The number of fused-ring (bicyclic) bond motifs is 1. The molecule has 1 aliphatic rings. The van der Waals surface area contributed by atoms with E-state index in [1.54, 1.807) is 6.07 Å². The summed E-state index contributed by atoms with van der Waals surface area (Å²) in [6, 6.07) is 5.04. The highest BCUT2D eigenvalue weighted by molar-refractivity contribution is 7.14. The summed E-state index contributed by atoms with van der Waals surface area (Å²) >= 11 is 7.51. The van der Waals surface area contributed by atoms with Gasteiger partial charge in [0.25, 0.3) is 11.8 Å². The van der Waals surface area contributed by atoms with Gasteiger partial charge in [-0.2, -0.15) is 0 Å². The highest BCUT2D eigenvalue weighted by Crippen LogP contribution is 2.28. The van der Waals surface area contributed by atoms with Crippen LogP contribution in [0.25, 0.3) is 0 Å². The summed E-state index contributed by atoms with van der Waals surface area (Å²) < 4.78 is 5.27. The Labute approximate surface area is 160 Å². The topological polar surface area (TPSA) is 80.3 Å². The smallest absolute Gasteiger partial charge is 0.289 e. The molecule has 8 heteroatoms. The molecule has 0 bridgehead atoms. The summed E-state index contributed by atoms with van der Waals surface area (Å²) in [6.07, 6.45) is 5.57. The van der Waals surface area contributed by atoms with Crippen molar-refractivity contribution in [3.05, 3.63) is 44.2 Å². The third-order valence-corrected chi connectivity index (χ3v) is 5.63. The fourth-order valence-electron chi connectivity index (χ4n) is 2.83. The number of carbonyl (C=O) groups is 2. The number of hydrogen-bond donors (Lipinski definition) is 2. The van der Waals surface area contributed by atoms with Crippen LogP contribution in [0.5, 0.6) is 5.88 Å². The molecule has 0 fully saturated rings. The summed E-state index contributed by atoms with van der Waals surface area (Å²) in [4.78, 5) is 30.5. The molecule has 0 spiro atoms. The Morgan fingerprint density at radius 2 is 1.96 bits per heavy atom. The average molecular weight is 394 g/mol. The Morgan fingerprint density at radius 1 is 1.19 bits per heavy atom. The van der Waals surface area contributed by atoms with Crippen LogP contribution < -0.4 is 15.6 Å². The molecular weight excluding hydrogens is 374 g/mol. The second-order valence-electron chi connectivity index (χ2n) is 5.94. The molecule has 0 aromatic carbocycles. The molecule has 2 heterocycles. The lowest BCUT2D eigenvalue weighted by atomic mass is 10.1. The number of ether oxygens (including phenoxy) is 1. The third-order valence-electron chi connectivity index (χ3n) is 4.09. The van der Waals surface area contributed by atoms with Gasteiger partial charge in [-0.15, -0.1) is 11.3 Å². The number of nitrogens with one attached hydrogen (secondary N) is 2. The van der Waals surface area contributed by atoms with Crippen LogP contribution in [-0.2, 0) is 12.8 Å². The van der Waals surface area contributed by atoms with E-state index in [-0.39, 0.29) is 16.6 Å². The van der Waals surface area contributed by atoms with Crippen LogP contribution in [0.1, 0.15) is 56.8 Å². The maximum atomic E-state index is 12.3. The summed E-state index contributed by atoms with van der Waals surface area (Å²) in [7, 11) is 0. The predicted molar refractivity (Wildman–Crippen MR) is 101 cm³/mol. The average Bonchev–Trinajstić information content (AvgIpc) is 2.92. The van der Waals surface area contributed by atoms with E-state index in [1.807, 2.05) is 13.0 Å². The van der Waals surface area contributed by atoms with Crippen LogP contribution in [0.15, 0.2) is 18.2 Å². The lowest BCUT2D eigenvalue weighted by Gasteiger charge is -2.08. The van der Waals surface area contributed by atoms with Gasteiger partial charge in [0.2, 0.25) is 5.88 Å². The molecule has 26 heavy (non-hydrogen) atoms. The minimum Gasteiger partial charge on any atom is -0.478 e. The number of halogens is 1. The van der Waals surface area contributed by atoms with Crippen LogP contribution in [0.4, 0.5) is 0 Å². The van der Waals surface area contributed by atoms with Crippen LogP contribution in [-0.4, -0.2) is 23.4 Å². The SMILES string of the molecule is CCOc1ccc(Cl)c(C(=O)NNC(=O)c2cc3c(s2)CCCCC3)n1. The van der Waals surface area contributed by atoms with Gasteiger partial charge in [0, 0.05) is 10.9 Å². The van der Waals surface area contributed by atoms with Crippen molar-refractivity contribution in [3.63, 3.8) is 0 Å². The maximum Gasteiger partial charge on any atom is 0.289 e. The van der Waals surface area contributed by atoms with Gasteiger partial charge in [-0.25, -0.2) is 4.98 Å². The largest absolute Gasteiger partial charge is 0.478 e. The lowest BCUT2D eigenvalue weighted by molar-refractivity contribution is 0.0845. The molecule has 2 N–H and O–H groups in total. The van der Waals surface area contributed by atoms with E-state index in [0.29, 0.717) is 17.4 Å². The third kappa shape index (κ3) is 4.34. The highest BCUT2D eigenvalue weighted by Gasteiger charge is 2.18. The van der Waals surface area contributed by atoms with Crippen molar-refractivity contribution in [2.24, 2.45) is 0 Å². The van der Waals surface area contributed by atoms with E-state index >= 15 is 0 Å². The normalized spacial score (nSPS) is 13.5. The summed E-state index contributed by atoms with van der Waals surface area (Å²) in [5.74, 6) is -0.632. The monoisotopic (exact) mass is 393 g/mol. The van der Waals surface area contributed by atoms with E-state index in [0.717, 1.165) is 25.7 Å². The molecule has 138 valence electrons. The van der Waals surface area contributed by atoms with E-state index in [4.69, 9.17) is 16.3 Å². The molecular formula is C18H20ClN3O3S. The lowest BCUT2D eigenvalue weighted by Crippen LogP contribution is -2.41. The Hall–Kier alpha value is -2.12. The first-order chi connectivity index (χ1) is 12.6. The molecule has 2 amide bonds. The highest BCUT2D eigenvalue weighted by atomic mass is 35.5. The molecule has 0 atom stereocenters. The molecule has 0 radical (unpaired) electrons. The number of hydrazine groups is 1. The minimum atomic E-state index is -0.594. The van der Waals surface area contributed by atoms with Gasteiger partial charge in [-0.1, -0.05) is 18.0 Å². The maximum absolute atomic E-state index is 12.3. The molecule has 0 unspecified atom stereocenters. The van der Waals surface area contributed by atoms with E-state index in [9.17, 15) is 9.59 Å². The van der Waals surface area contributed by atoms with Gasteiger partial charge in [-0.05, 0) is 50.3 Å². The molecule has 0 aliphatic heterocycles. The zero-order valence-corrected chi connectivity index (χ0v) is 16.0. The van der Waals surface area contributed by atoms with E-state index < -0.39 is 5.91 Å². The Kier molecular flexibility index (Phi) is 6.11. The molecule has 0 saturated heterocycles. The Morgan fingerprint density at radius 3 is 2.77 bits per heavy atom. The molecule has 0 saturated carbocycles. The van der Waals surface area contributed by atoms with Gasteiger partial charge in [-0.3, -0.25) is 20.4 Å². The van der Waals surface area contributed by atoms with E-state index in [2.05, 4.69) is 15.8 Å². The van der Waals surface area contributed by atoms with Crippen LogP contribution in [0.2, 0.25) is 5.02 Å². The number of pyridine rings is 1. The zero-order valence-electron chi connectivity index (χ0n) is 14.4. The van der Waals surface area contributed by atoms with Crippen molar-refractivity contribution in [1.82, 2.24) is 15.8 Å². The van der Waals surface area contributed by atoms with E-state index in [1.165, 1.54) is 34.3 Å². The van der Waals surface area contributed by atoms with Crippen molar-refractivity contribution in [2.45, 2.75) is 39.0 Å². The molecule has 2 aromatic heterocycles. The zero-order chi connectivity index (χ0) is 18.5. The van der Waals surface area contributed by atoms with Crippen LogP contribution in [0, 0.1) is 0 Å². The number of thiophene rings is 1. The van der Waals surface area contributed by atoms with Crippen molar-refractivity contribution < 1.29 is 14.3 Å². The number of aryl methyl sites for hydroxylation is 2. The van der Waals surface area contributed by atoms with Crippen molar-refractivity contribution in [1.29, 1.82) is 0 Å². The number of nitrogens with zero attached hydrogens (tertiary/aromatic N) is 1.